The second-order valence-electron chi connectivity index (χ2n) is 14.7. The number of benzene rings is 10. The summed E-state index contributed by atoms with van der Waals surface area (Å²) in [6, 6.07) is 56.7. The summed E-state index contributed by atoms with van der Waals surface area (Å²) in [4.78, 5) is 1.34. The topological polar surface area (TPSA) is 16.4 Å². The molecule has 0 saturated carbocycles. The lowest BCUT2D eigenvalue weighted by molar-refractivity contribution is 0.673. The van der Waals surface area contributed by atoms with Crippen LogP contribution in [0.2, 0.25) is 0 Å². The van der Waals surface area contributed by atoms with Gasteiger partial charge in [-0.15, -0.1) is 0 Å². The molecule has 2 heteroatoms. The number of hydrogen-bond donors (Lipinski definition) is 0. The Kier molecular flexibility index (Phi) is 6.96. The molecule has 0 unspecified atom stereocenters. The van der Waals surface area contributed by atoms with Crippen LogP contribution in [0.4, 0.5) is 17.1 Å². The van der Waals surface area contributed by atoms with Crippen molar-refractivity contribution in [2.45, 2.75) is 0 Å². The van der Waals surface area contributed by atoms with Gasteiger partial charge in [-0.2, -0.15) is 0 Å². The molecule has 0 aliphatic heterocycles. The van der Waals surface area contributed by atoms with Gasteiger partial charge in [0.15, 0.2) is 0 Å². The molecule has 0 spiro atoms. The van der Waals surface area contributed by atoms with Gasteiger partial charge in [0.05, 0.1) is 11.0 Å². The molecule has 1 heterocycles. The van der Waals surface area contributed by atoms with Crippen molar-refractivity contribution in [1.82, 2.24) is 0 Å². The number of furan rings is 1. The summed E-state index contributed by atoms with van der Waals surface area (Å²) in [5.41, 5.74) is 8.13. The summed E-state index contributed by atoms with van der Waals surface area (Å²) >= 11 is 0. The standard InChI is InChI=1S/C58H39NO/c1-3-10-40(11-4-1)42-18-22-44(23-19-42)46-26-33-50(34-27-46)59(51-35-28-47(29-36-51)45-24-20-43(21-25-45)41-12-5-2-6-13-41)52-37-30-49(31-38-52)53-16-9-17-56-57(53)55-39-32-48-14-7-8-15-54(48)58(55)60-56/h1-39H/i26D,27D,28D,29D,33D,34D,35D,36D. The van der Waals surface area contributed by atoms with Crippen LogP contribution in [0.5, 0.6) is 0 Å². The number of nitrogens with zero attached hydrogens (tertiary/aromatic N) is 1. The molecule has 0 bridgehead atoms. The molecule has 0 N–H and O–H groups in total. The highest BCUT2D eigenvalue weighted by molar-refractivity contribution is 6.19. The maximum absolute atomic E-state index is 9.57. The Labute approximate surface area is 361 Å². The molecule has 60 heavy (non-hydrogen) atoms. The van der Waals surface area contributed by atoms with Gasteiger partial charge in [-0.25, -0.2) is 0 Å². The van der Waals surface area contributed by atoms with E-state index in [1.165, 1.54) is 4.90 Å². The van der Waals surface area contributed by atoms with E-state index in [4.69, 9.17) is 4.42 Å². The number of fused-ring (bicyclic) bond motifs is 5. The zero-order valence-corrected chi connectivity index (χ0v) is 32.3. The molecule has 0 radical (unpaired) electrons. The maximum Gasteiger partial charge on any atom is 0.143 e. The van der Waals surface area contributed by atoms with E-state index in [1.807, 2.05) is 133 Å². The van der Waals surface area contributed by atoms with Crippen molar-refractivity contribution >= 4 is 49.8 Å². The molecular weight excluding hydrogens is 727 g/mol. The molecule has 0 atom stereocenters. The molecule has 0 saturated heterocycles. The third kappa shape index (κ3) is 6.51. The van der Waals surface area contributed by atoms with Crippen LogP contribution in [-0.2, 0) is 0 Å². The summed E-state index contributed by atoms with van der Waals surface area (Å²) in [5.74, 6) is 0. The second kappa shape index (κ2) is 15.1. The predicted molar refractivity (Wildman–Crippen MR) is 253 cm³/mol. The third-order valence-corrected chi connectivity index (χ3v) is 11.1. The van der Waals surface area contributed by atoms with Gasteiger partial charge >= 0.3 is 0 Å². The lowest BCUT2D eigenvalue weighted by Gasteiger charge is -2.26. The minimum Gasteiger partial charge on any atom is -0.455 e. The molecular formula is C58H39NO. The number of rotatable bonds is 8. The highest BCUT2D eigenvalue weighted by Crippen LogP contribution is 2.42. The Bertz CT molecular complexity index is 3530. The van der Waals surface area contributed by atoms with E-state index < -0.39 is 24.2 Å². The molecule has 11 aromatic rings. The first-order valence-electron chi connectivity index (χ1n) is 23.8. The Balaban J connectivity index is 1.08. The zero-order chi connectivity index (χ0) is 46.8. The van der Waals surface area contributed by atoms with Crippen LogP contribution in [0.1, 0.15) is 11.0 Å². The highest BCUT2D eigenvalue weighted by Gasteiger charge is 2.17. The van der Waals surface area contributed by atoms with Gasteiger partial charge in [-0.3, -0.25) is 0 Å². The first-order valence-corrected chi connectivity index (χ1v) is 19.8. The fourth-order valence-corrected chi connectivity index (χ4v) is 8.00. The average Bonchev–Trinajstić information content (AvgIpc) is 3.78. The first kappa shape index (κ1) is 27.7. The molecule has 0 aliphatic rings. The average molecular weight is 774 g/mol. The van der Waals surface area contributed by atoms with Crippen molar-refractivity contribution in [3.05, 3.63) is 236 Å². The van der Waals surface area contributed by atoms with Gasteiger partial charge in [-0.05, 0) is 109 Å². The van der Waals surface area contributed by atoms with Gasteiger partial charge in [-0.1, -0.05) is 188 Å². The summed E-state index contributed by atoms with van der Waals surface area (Å²) < 4.78 is 82.3. The van der Waals surface area contributed by atoms with Crippen LogP contribution in [0.25, 0.3) is 88.3 Å². The minimum absolute atomic E-state index is 0.0979. The van der Waals surface area contributed by atoms with E-state index in [0.29, 0.717) is 16.8 Å². The van der Waals surface area contributed by atoms with Crippen molar-refractivity contribution in [1.29, 1.82) is 0 Å². The molecule has 282 valence electrons. The fraction of sp³-hybridized carbons (Fsp3) is 0. The Morgan fingerprint density at radius 3 is 1.33 bits per heavy atom. The minimum atomic E-state index is -0.406. The summed E-state index contributed by atoms with van der Waals surface area (Å²) in [6.07, 6.45) is 0. The number of hydrogen-bond acceptors (Lipinski definition) is 2. The molecule has 0 aliphatic carbocycles. The van der Waals surface area contributed by atoms with Crippen LogP contribution < -0.4 is 4.90 Å². The van der Waals surface area contributed by atoms with Crippen LogP contribution in [-0.4, -0.2) is 0 Å². The Hall–Kier alpha value is -7.94. The van der Waals surface area contributed by atoms with Crippen molar-refractivity contribution in [2.24, 2.45) is 0 Å². The Morgan fingerprint density at radius 2 is 0.783 bits per heavy atom. The molecule has 11 rings (SSSR count). The fourth-order valence-electron chi connectivity index (χ4n) is 8.00. The van der Waals surface area contributed by atoms with Crippen molar-refractivity contribution in [3.63, 3.8) is 0 Å². The van der Waals surface area contributed by atoms with Crippen molar-refractivity contribution in [3.8, 4) is 55.6 Å². The van der Waals surface area contributed by atoms with Crippen LogP contribution >= 0.6 is 0 Å². The summed E-state index contributed by atoms with van der Waals surface area (Å²) in [5, 5.41) is 3.95. The van der Waals surface area contributed by atoms with Crippen molar-refractivity contribution < 1.29 is 15.4 Å². The first-order chi connectivity index (χ1) is 33.1. The number of anilines is 3. The monoisotopic (exact) mass is 773 g/mol. The van der Waals surface area contributed by atoms with E-state index in [0.717, 1.165) is 66.1 Å². The molecule has 2 nitrogen and oxygen atoms in total. The molecule has 10 aromatic carbocycles. The summed E-state index contributed by atoms with van der Waals surface area (Å²) in [6.45, 7) is 0. The van der Waals surface area contributed by atoms with Gasteiger partial charge < -0.3 is 9.32 Å². The molecule has 0 fully saturated rings. The van der Waals surface area contributed by atoms with E-state index >= 15 is 0 Å². The van der Waals surface area contributed by atoms with E-state index in [9.17, 15) is 11.0 Å². The zero-order valence-electron chi connectivity index (χ0n) is 40.3. The smallest absolute Gasteiger partial charge is 0.143 e. The van der Waals surface area contributed by atoms with Crippen LogP contribution in [0, 0.1) is 0 Å². The van der Waals surface area contributed by atoms with Gasteiger partial charge in [0.1, 0.15) is 11.2 Å². The largest absolute Gasteiger partial charge is 0.455 e. The van der Waals surface area contributed by atoms with Gasteiger partial charge in [0.25, 0.3) is 0 Å². The predicted octanol–water partition coefficient (Wildman–Crippen LogP) is 16.5. The van der Waals surface area contributed by atoms with E-state index in [2.05, 4.69) is 18.2 Å². The second-order valence-corrected chi connectivity index (χ2v) is 14.7. The lowest BCUT2D eigenvalue weighted by Crippen LogP contribution is -2.09. The quantitative estimate of drug-likeness (QED) is 0.153. The van der Waals surface area contributed by atoms with E-state index in [-0.39, 0.29) is 46.7 Å². The van der Waals surface area contributed by atoms with E-state index in [1.54, 1.807) is 36.4 Å². The Morgan fingerprint density at radius 1 is 0.317 bits per heavy atom. The maximum atomic E-state index is 9.57. The molecule has 1 aromatic heterocycles. The SMILES string of the molecule is [2H]c1c([2H])c(N(c2ccc(-c3cccc4oc5c6ccccc6ccc5c34)cc2)c2c([2H])c([2H])c(-c3ccc(-c4ccccc4)cc3)c([2H])c2[2H])c([2H])c([2H])c1-c1ccc(-c2ccccc2)cc1. The third-order valence-electron chi connectivity index (χ3n) is 11.1. The van der Waals surface area contributed by atoms with Crippen molar-refractivity contribution in [2.75, 3.05) is 4.90 Å². The van der Waals surface area contributed by atoms with Gasteiger partial charge in [0.2, 0.25) is 0 Å². The van der Waals surface area contributed by atoms with Crippen LogP contribution in [0.15, 0.2) is 241 Å². The molecule has 0 amide bonds. The highest BCUT2D eigenvalue weighted by atomic mass is 16.3. The normalized spacial score (nSPS) is 13.2. The lowest BCUT2D eigenvalue weighted by atomic mass is 9.97. The van der Waals surface area contributed by atoms with Gasteiger partial charge in [0, 0.05) is 33.2 Å². The summed E-state index contributed by atoms with van der Waals surface area (Å²) in [7, 11) is 0. The van der Waals surface area contributed by atoms with Crippen LogP contribution in [0.3, 0.4) is 0 Å².